The van der Waals surface area contributed by atoms with E-state index in [1.54, 1.807) is 54.9 Å². The molecule has 0 amide bonds. The highest BCUT2D eigenvalue weighted by atomic mass is 32.2. The van der Waals surface area contributed by atoms with Crippen LogP contribution in [0.1, 0.15) is 27.3 Å². The van der Waals surface area contributed by atoms with Gasteiger partial charge in [-0.2, -0.15) is 4.98 Å². The fraction of sp³-hybridized carbons (Fsp3) is 0.107. The van der Waals surface area contributed by atoms with Crippen molar-refractivity contribution in [1.82, 2.24) is 19.5 Å². The summed E-state index contributed by atoms with van der Waals surface area (Å²) in [4.78, 5) is 39.9. The minimum atomic E-state index is -0.159. The maximum Gasteiger partial charge on any atom is 0.251 e. The minimum Gasteiger partial charge on any atom is -0.354 e. The smallest absolute Gasteiger partial charge is 0.251 e. The number of aromatic nitrogens is 4. The van der Waals surface area contributed by atoms with Crippen LogP contribution in [0.5, 0.6) is 0 Å². The molecule has 0 radical (unpaired) electrons. The van der Waals surface area contributed by atoms with Crippen LogP contribution in [0.4, 0.5) is 23.0 Å². The van der Waals surface area contributed by atoms with Crippen molar-refractivity contribution < 1.29 is 19.4 Å². The third-order valence-electron chi connectivity index (χ3n) is 6.73. The number of carbonyl (C=O) groups is 1. The molecule has 2 aromatic heterocycles. The van der Waals surface area contributed by atoms with Crippen LogP contribution in [-0.2, 0) is 16.4 Å². The Bertz CT molecular complexity index is 1890. The Morgan fingerprint density at radius 1 is 0.925 bits per heavy atom. The van der Waals surface area contributed by atoms with E-state index in [9.17, 15) is 9.59 Å². The number of pyridine rings is 1. The first-order valence-electron chi connectivity index (χ1n) is 12.2. The molecule has 3 aromatic carbocycles. The molecule has 0 fully saturated rings. The van der Waals surface area contributed by atoms with Crippen LogP contribution in [0, 0.1) is 13.8 Å². The van der Waals surface area contributed by atoms with Gasteiger partial charge >= 0.3 is 0 Å². The second-order valence-electron chi connectivity index (χ2n) is 9.21. The number of nitrogens with one attached hydrogen (secondary N) is 2. The molecule has 2 heterocycles. The summed E-state index contributed by atoms with van der Waals surface area (Å²) >= 11 is 0.782. The lowest BCUT2D eigenvalue weighted by Crippen LogP contribution is -2.21. The number of fused-ring (bicyclic) bond motifs is 2. The molecule has 0 atom stereocenters. The van der Waals surface area contributed by atoms with Gasteiger partial charge in [0.05, 0.1) is 39.4 Å². The van der Waals surface area contributed by atoms with Crippen molar-refractivity contribution >= 4 is 51.7 Å². The third-order valence-corrected chi connectivity index (χ3v) is 7.40. The predicted octanol–water partition coefficient (Wildman–Crippen LogP) is 5.47. The van der Waals surface area contributed by atoms with Gasteiger partial charge in [-0.15, -0.1) is 4.33 Å². The van der Waals surface area contributed by atoms with Crippen molar-refractivity contribution in [3.63, 3.8) is 0 Å². The van der Waals surface area contributed by atoms with Gasteiger partial charge in [0, 0.05) is 29.8 Å². The highest BCUT2D eigenvalue weighted by Gasteiger charge is 2.30. The molecule has 3 N–H and O–H groups in total. The van der Waals surface area contributed by atoms with Crippen LogP contribution < -0.4 is 16.2 Å². The Labute approximate surface area is 231 Å². The summed E-state index contributed by atoms with van der Waals surface area (Å²) in [5.74, 6) is 0.766. The van der Waals surface area contributed by atoms with Gasteiger partial charge in [-0.1, -0.05) is 29.3 Å². The quantitative estimate of drug-likeness (QED) is 0.131. The zero-order valence-electron chi connectivity index (χ0n) is 21.6. The molecule has 6 rings (SSSR count). The molecule has 200 valence electrons. The standard InChI is InChI=1S/C28H22N6O5S/c1-14-10-21(25-24-19(12-23(35)34(3)26(14)24)17-6-4-5-7-18(17)27(25)36)33-20-11-16(8-9-22(20)40-39-38-37)32-28-30-13-29-15(2)31-28/h4-13,33,37H,1-3H3,(H,29,30,31,32). The summed E-state index contributed by atoms with van der Waals surface area (Å²) in [6, 6.07) is 16.0. The highest BCUT2D eigenvalue weighted by Crippen LogP contribution is 2.44. The lowest BCUT2D eigenvalue weighted by molar-refractivity contribution is -0.432. The fourth-order valence-corrected chi connectivity index (χ4v) is 5.47. The van der Waals surface area contributed by atoms with E-state index in [0.717, 1.165) is 23.2 Å². The van der Waals surface area contributed by atoms with Gasteiger partial charge in [0.15, 0.2) is 5.78 Å². The molecular formula is C28H22N6O5S. The topological polar surface area (TPSA) is 140 Å². The largest absolute Gasteiger partial charge is 0.354 e. The van der Waals surface area contributed by atoms with Gasteiger partial charge < -0.3 is 15.2 Å². The minimum absolute atomic E-state index is 0.159. The monoisotopic (exact) mass is 554 g/mol. The summed E-state index contributed by atoms with van der Waals surface area (Å²) in [6.45, 7) is 3.66. The molecule has 0 bridgehead atoms. The van der Waals surface area contributed by atoms with Crippen LogP contribution >= 0.6 is 12.0 Å². The normalized spacial score (nSPS) is 11.9. The molecule has 1 aliphatic carbocycles. The summed E-state index contributed by atoms with van der Waals surface area (Å²) in [6.07, 6.45) is 1.41. The van der Waals surface area contributed by atoms with Crippen molar-refractivity contribution in [3.05, 3.63) is 93.8 Å². The Morgan fingerprint density at radius 3 is 2.50 bits per heavy atom. The van der Waals surface area contributed by atoms with Crippen LogP contribution in [-0.4, -0.2) is 30.6 Å². The number of ketones is 1. The first-order valence-corrected chi connectivity index (χ1v) is 12.9. The Morgan fingerprint density at radius 2 is 1.73 bits per heavy atom. The Kier molecular flexibility index (Phi) is 6.52. The number of carbonyl (C=O) groups excluding carboxylic acids is 1. The van der Waals surface area contributed by atoms with Crippen molar-refractivity contribution in [1.29, 1.82) is 0 Å². The van der Waals surface area contributed by atoms with Crippen LogP contribution in [0.15, 0.2) is 70.6 Å². The summed E-state index contributed by atoms with van der Waals surface area (Å²) in [7, 11) is 1.70. The lowest BCUT2D eigenvalue weighted by Gasteiger charge is -2.25. The number of benzene rings is 3. The molecule has 0 unspecified atom stereocenters. The molecule has 0 spiro atoms. The van der Waals surface area contributed by atoms with Crippen molar-refractivity contribution in [2.75, 3.05) is 10.6 Å². The number of nitrogens with zero attached hydrogens (tertiary/aromatic N) is 4. The SMILES string of the molecule is Cc1ncnc(Nc2ccc(SOOO)c(Nc3cc(C)c4c5c(cc(=O)n4C)-c4ccccc4C(=O)c35)c2)n1. The zero-order valence-corrected chi connectivity index (χ0v) is 22.4. The molecule has 0 saturated carbocycles. The van der Waals surface area contributed by atoms with Crippen molar-refractivity contribution in [2.45, 2.75) is 18.7 Å². The number of aryl methyl sites for hydroxylation is 3. The average Bonchev–Trinajstić information content (AvgIpc) is 2.94. The van der Waals surface area contributed by atoms with E-state index in [0.29, 0.717) is 61.3 Å². The van der Waals surface area contributed by atoms with Crippen LogP contribution in [0.2, 0.25) is 0 Å². The maximum absolute atomic E-state index is 14.0. The maximum atomic E-state index is 14.0. The van der Waals surface area contributed by atoms with E-state index < -0.39 is 0 Å². The van der Waals surface area contributed by atoms with Gasteiger partial charge in [-0.3, -0.25) is 9.59 Å². The Hall–Kier alpha value is -4.62. The molecular weight excluding hydrogens is 532 g/mol. The van der Waals surface area contributed by atoms with E-state index in [1.165, 1.54) is 6.33 Å². The highest BCUT2D eigenvalue weighted by molar-refractivity contribution is 7.94. The molecule has 0 aliphatic heterocycles. The van der Waals surface area contributed by atoms with E-state index in [-0.39, 0.29) is 11.3 Å². The van der Waals surface area contributed by atoms with Crippen molar-refractivity contribution in [3.8, 4) is 11.1 Å². The molecule has 12 heteroatoms. The van der Waals surface area contributed by atoms with Crippen LogP contribution in [0.25, 0.3) is 22.0 Å². The second kappa shape index (κ2) is 10.2. The first-order chi connectivity index (χ1) is 19.4. The molecule has 11 nitrogen and oxygen atoms in total. The summed E-state index contributed by atoms with van der Waals surface area (Å²) in [5.41, 5.74) is 5.49. The van der Waals surface area contributed by atoms with Gasteiger partial charge in [-0.05, 0) is 54.8 Å². The zero-order chi connectivity index (χ0) is 28.0. The van der Waals surface area contributed by atoms with Gasteiger partial charge in [-0.25, -0.2) is 15.2 Å². The second-order valence-corrected chi connectivity index (χ2v) is 9.96. The number of anilines is 4. The van der Waals surface area contributed by atoms with E-state index in [4.69, 9.17) is 9.59 Å². The van der Waals surface area contributed by atoms with Gasteiger partial charge in [0.1, 0.15) is 12.2 Å². The van der Waals surface area contributed by atoms with Crippen LogP contribution in [0.3, 0.4) is 0 Å². The number of hydrogen-bond acceptors (Lipinski definition) is 11. The lowest BCUT2D eigenvalue weighted by atomic mass is 9.82. The van der Waals surface area contributed by atoms with Gasteiger partial charge in [0.2, 0.25) is 5.95 Å². The predicted molar refractivity (Wildman–Crippen MR) is 151 cm³/mol. The molecule has 5 aromatic rings. The molecule has 1 aliphatic rings. The molecule has 0 saturated heterocycles. The summed E-state index contributed by atoms with van der Waals surface area (Å²) < 4.78 is 6.29. The van der Waals surface area contributed by atoms with Crippen molar-refractivity contribution in [2.24, 2.45) is 7.05 Å². The third kappa shape index (κ3) is 4.38. The number of rotatable bonds is 7. The van der Waals surface area contributed by atoms with E-state index in [1.807, 2.05) is 25.1 Å². The summed E-state index contributed by atoms with van der Waals surface area (Å²) in [5, 5.41) is 19.8. The Balaban J connectivity index is 1.53. The number of hydrogen-bond donors (Lipinski definition) is 3. The average molecular weight is 555 g/mol. The first kappa shape index (κ1) is 25.6. The fourth-order valence-electron chi connectivity index (χ4n) is 5.04. The van der Waals surface area contributed by atoms with Gasteiger partial charge in [0.25, 0.3) is 5.56 Å². The van der Waals surface area contributed by atoms with E-state index >= 15 is 0 Å². The van der Waals surface area contributed by atoms with E-state index in [2.05, 4.69) is 30.6 Å². The molecule has 40 heavy (non-hydrogen) atoms.